The molecule has 0 fully saturated rings. The topological polar surface area (TPSA) is 68.2 Å². The van der Waals surface area contributed by atoms with Crippen molar-refractivity contribution in [2.45, 2.75) is 6.32 Å². The van der Waals surface area contributed by atoms with Crippen LogP contribution in [-0.4, -0.2) is 21.8 Å². The van der Waals surface area contributed by atoms with Crippen LogP contribution in [0.3, 0.4) is 0 Å². The smallest absolute Gasteiger partial charge is 0.303 e. The molecule has 3 aromatic heterocycles. The largest absolute Gasteiger partial charge is 0.464 e. The van der Waals surface area contributed by atoms with E-state index < -0.39 is 0 Å². The Labute approximate surface area is 213 Å². The lowest BCUT2D eigenvalue weighted by Crippen LogP contribution is -2.53. The molecular formula is C30H19BN4O2. The molecule has 0 saturated heterocycles. The van der Waals surface area contributed by atoms with Gasteiger partial charge in [-0.15, -0.1) is 0 Å². The molecule has 7 heteroatoms. The Kier molecular flexibility index (Phi) is 4.28. The second-order valence-electron chi connectivity index (χ2n) is 9.28. The van der Waals surface area contributed by atoms with E-state index in [1.165, 1.54) is 11.0 Å². The molecule has 8 rings (SSSR count). The summed E-state index contributed by atoms with van der Waals surface area (Å²) in [5.41, 5.74) is 7.35. The van der Waals surface area contributed by atoms with Gasteiger partial charge in [-0.25, -0.2) is 4.98 Å². The number of benzene rings is 3. The predicted octanol–water partition coefficient (Wildman–Crippen LogP) is 6.17. The minimum atomic E-state index is -0.0175. The van der Waals surface area contributed by atoms with E-state index in [0.29, 0.717) is 17.6 Å². The summed E-state index contributed by atoms with van der Waals surface area (Å²) >= 11 is 0. The molecule has 5 heterocycles. The molecule has 2 aliphatic rings. The molecular weight excluding hydrogens is 459 g/mol. The van der Waals surface area contributed by atoms with E-state index in [4.69, 9.17) is 23.8 Å². The van der Waals surface area contributed by atoms with Crippen LogP contribution in [0.4, 0.5) is 11.6 Å². The number of aromatic nitrogens is 3. The van der Waals surface area contributed by atoms with Gasteiger partial charge in [0.1, 0.15) is 5.76 Å². The fraction of sp³-hybridized carbons (Fsp3) is 0.0333. The van der Waals surface area contributed by atoms with Crippen molar-refractivity contribution in [1.82, 2.24) is 15.0 Å². The third kappa shape index (κ3) is 3.04. The van der Waals surface area contributed by atoms with E-state index in [9.17, 15) is 0 Å². The Morgan fingerprint density at radius 3 is 1.95 bits per heavy atom. The van der Waals surface area contributed by atoms with Crippen molar-refractivity contribution in [1.29, 1.82) is 0 Å². The lowest BCUT2D eigenvalue weighted by molar-refractivity contribution is 0.578. The average molecular weight is 478 g/mol. The molecule has 174 valence electrons. The second kappa shape index (κ2) is 7.80. The third-order valence-corrected chi connectivity index (χ3v) is 7.21. The maximum absolute atomic E-state index is 6.06. The van der Waals surface area contributed by atoms with Crippen LogP contribution in [0, 0.1) is 0 Å². The highest BCUT2D eigenvalue weighted by Gasteiger charge is 2.44. The molecule has 0 atom stereocenters. The Hall–Kier alpha value is -4.91. The van der Waals surface area contributed by atoms with E-state index in [1.54, 1.807) is 12.5 Å². The van der Waals surface area contributed by atoms with Gasteiger partial charge < -0.3 is 13.6 Å². The highest BCUT2D eigenvalue weighted by molar-refractivity contribution is 6.81. The maximum atomic E-state index is 6.06. The summed E-state index contributed by atoms with van der Waals surface area (Å²) in [4.78, 5) is 17.2. The molecule has 6 aromatic rings. The molecule has 3 aromatic carbocycles. The van der Waals surface area contributed by atoms with Crippen molar-refractivity contribution in [2.75, 3.05) is 4.81 Å². The van der Waals surface area contributed by atoms with Crippen LogP contribution in [0.25, 0.3) is 45.4 Å². The number of hydrogen-bond donors (Lipinski definition) is 0. The maximum Gasteiger partial charge on any atom is 0.303 e. The van der Waals surface area contributed by atoms with E-state index in [2.05, 4.69) is 29.1 Å². The van der Waals surface area contributed by atoms with E-state index in [-0.39, 0.29) is 6.85 Å². The van der Waals surface area contributed by atoms with E-state index in [0.717, 1.165) is 45.8 Å². The standard InChI is InChI=1S/C30H19BN4O2/c1-3-8-19(9-4-1)28-32-29(20-10-5-2-6-11-20)34-30(33-28)35-24-15-17-37-27(24)23-13-7-12-22-25(23)31(35)18-21-14-16-36-26(21)22/h1-17H,18H2. The number of rotatable bonds is 3. The van der Waals surface area contributed by atoms with Crippen LogP contribution in [0.15, 0.2) is 112 Å². The van der Waals surface area contributed by atoms with Gasteiger partial charge in [-0.1, -0.05) is 78.9 Å². The van der Waals surface area contributed by atoms with Gasteiger partial charge >= 0.3 is 6.85 Å². The molecule has 0 spiro atoms. The quantitative estimate of drug-likeness (QED) is 0.284. The monoisotopic (exact) mass is 478 g/mol. The van der Waals surface area contributed by atoms with Gasteiger partial charge in [-0.3, -0.25) is 0 Å². The highest BCUT2D eigenvalue weighted by atomic mass is 16.3. The summed E-state index contributed by atoms with van der Waals surface area (Å²) in [7, 11) is 0. The van der Waals surface area contributed by atoms with Crippen LogP contribution in [0.2, 0.25) is 0 Å². The molecule has 0 amide bonds. The Bertz CT molecular complexity index is 1710. The summed E-state index contributed by atoms with van der Waals surface area (Å²) in [6.07, 6.45) is 4.28. The van der Waals surface area contributed by atoms with Crippen LogP contribution in [0.1, 0.15) is 5.56 Å². The van der Waals surface area contributed by atoms with Crippen LogP contribution in [-0.2, 0) is 6.32 Å². The molecule has 0 radical (unpaired) electrons. The molecule has 2 aliphatic heterocycles. The van der Waals surface area contributed by atoms with Crippen molar-refractivity contribution < 1.29 is 8.83 Å². The van der Waals surface area contributed by atoms with E-state index >= 15 is 0 Å². The molecule has 0 aliphatic carbocycles. The minimum absolute atomic E-state index is 0.0175. The lowest BCUT2D eigenvalue weighted by atomic mass is 9.44. The number of nitrogens with zero attached hydrogens (tertiary/aromatic N) is 4. The zero-order valence-corrected chi connectivity index (χ0v) is 19.7. The lowest BCUT2D eigenvalue weighted by Gasteiger charge is -2.37. The Balaban J connectivity index is 1.39. The zero-order valence-electron chi connectivity index (χ0n) is 19.7. The zero-order chi connectivity index (χ0) is 24.3. The van der Waals surface area contributed by atoms with Crippen molar-refractivity contribution in [3.8, 4) is 45.4 Å². The first-order valence-electron chi connectivity index (χ1n) is 12.3. The van der Waals surface area contributed by atoms with Crippen molar-refractivity contribution in [3.63, 3.8) is 0 Å². The van der Waals surface area contributed by atoms with Crippen molar-refractivity contribution >= 4 is 23.9 Å². The van der Waals surface area contributed by atoms with Gasteiger partial charge in [0.05, 0.1) is 18.2 Å². The van der Waals surface area contributed by atoms with Crippen LogP contribution >= 0.6 is 0 Å². The number of fused-ring (bicyclic) bond motifs is 4. The molecule has 0 saturated carbocycles. The van der Waals surface area contributed by atoms with Gasteiger partial charge in [0.15, 0.2) is 17.4 Å². The third-order valence-electron chi connectivity index (χ3n) is 7.21. The molecule has 0 unspecified atom stereocenters. The van der Waals surface area contributed by atoms with E-state index in [1.807, 2.05) is 66.7 Å². The summed E-state index contributed by atoms with van der Waals surface area (Å²) < 4.78 is 12.0. The molecule has 0 bridgehead atoms. The Morgan fingerprint density at radius 2 is 1.24 bits per heavy atom. The first-order valence-corrected chi connectivity index (χ1v) is 12.3. The van der Waals surface area contributed by atoms with Crippen molar-refractivity contribution in [3.05, 3.63) is 109 Å². The van der Waals surface area contributed by atoms with Gasteiger partial charge in [-0.05, 0) is 29.5 Å². The SMILES string of the molecule is c1ccc(-c2nc(-c3ccccc3)nc(N3B4Cc5ccoc5-c5cccc(c54)-c4occc43)n2)cc1. The highest BCUT2D eigenvalue weighted by Crippen LogP contribution is 2.44. The second-order valence-corrected chi connectivity index (χ2v) is 9.28. The first-order chi connectivity index (χ1) is 18.3. The summed E-state index contributed by atoms with van der Waals surface area (Å²) in [6, 6.07) is 30.5. The molecule has 37 heavy (non-hydrogen) atoms. The Morgan fingerprint density at radius 1 is 0.622 bits per heavy atom. The minimum Gasteiger partial charge on any atom is -0.464 e. The average Bonchev–Trinajstić information content (AvgIpc) is 3.64. The fourth-order valence-corrected chi connectivity index (χ4v) is 5.60. The number of furan rings is 2. The summed E-state index contributed by atoms with van der Waals surface area (Å²) in [5.74, 6) is 3.59. The van der Waals surface area contributed by atoms with Gasteiger partial charge in [0.25, 0.3) is 0 Å². The molecule has 0 N–H and O–H groups in total. The number of anilines is 2. The fourth-order valence-electron chi connectivity index (χ4n) is 5.60. The predicted molar refractivity (Wildman–Crippen MR) is 144 cm³/mol. The normalized spacial score (nSPS) is 13.2. The molecule has 6 nitrogen and oxygen atoms in total. The van der Waals surface area contributed by atoms with Crippen molar-refractivity contribution in [2.24, 2.45) is 0 Å². The first kappa shape index (κ1) is 20.3. The summed E-state index contributed by atoms with van der Waals surface area (Å²) in [5, 5.41) is 0. The number of hydrogen-bond acceptors (Lipinski definition) is 6. The van der Waals surface area contributed by atoms with Crippen LogP contribution in [0.5, 0.6) is 0 Å². The van der Waals surface area contributed by atoms with Gasteiger partial charge in [-0.2, -0.15) is 9.97 Å². The van der Waals surface area contributed by atoms with Gasteiger partial charge in [0.2, 0.25) is 5.95 Å². The van der Waals surface area contributed by atoms with Gasteiger partial charge in [0, 0.05) is 22.3 Å². The summed E-state index contributed by atoms with van der Waals surface area (Å²) in [6.45, 7) is -0.0175. The van der Waals surface area contributed by atoms with Crippen LogP contribution < -0.4 is 10.3 Å².